The molecule has 0 spiro atoms. The van der Waals surface area contributed by atoms with Gasteiger partial charge in [-0.2, -0.15) is 0 Å². The minimum Gasteiger partial charge on any atom is -0.456 e. The molecule has 0 unspecified atom stereocenters. The summed E-state index contributed by atoms with van der Waals surface area (Å²) in [5, 5.41) is 14.7. The largest absolute Gasteiger partial charge is 0.456 e. The van der Waals surface area contributed by atoms with Crippen LogP contribution in [0.2, 0.25) is 0 Å². The molecule has 0 saturated heterocycles. The summed E-state index contributed by atoms with van der Waals surface area (Å²) < 4.78 is 6.23. The highest BCUT2D eigenvalue weighted by Crippen LogP contribution is 2.47. The average Bonchev–Trinajstić information content (AvgIpc) is 3.37. The fourth-order valence-corrected chi connectivity index (χ4v) is 5.23. The SMILES string of the molecule is c1ccc(-c2ccc(-c3cccc4oc5ccccc5c34)c(-c3ccnnn3)c2-c2ccccc2)cc1. The van der Waals surface area contributed by atoms with E-state index >= 15 is 0 Å². The summed E-state index contributed by atoms with van der Waals surface area (Å²) in [7, 11) is 0. The number of hydrogen-bond donors (Lipinski definition) is 0. The van der Waals surface area contributed by atoms with Crippen LogP contribution in [0.3, 0.4) is 0 Å². The minimum absolute atomic E-state index is 0.770. The van der Waals surface area contributed by atoms with E-state index in [-0.39, 0.29) is 0 Å². The maximum Gasteiger partial charge on any atom is 0.136 e. The van der Waals surface area contributed by atoms with E-state index in [4.69, 9.17) is 4.42 Å². The lowest BCUT2D eigenvalue weighted by atomic mass is 9.83. The predicted molar refractivity (Wildman–Crippen MR) is 149 cm³/mol. The molecule has 0 atom stereocenters. The Morgan fingerprint density at radius 1 is 0.486 bits per heavy atom. The molecule has 2 aromatic heterocycles. The normalized spacial score (nSPS) is 11.2. The second-order valence-corrected chi connectivity index (χ2v) is 8.93. The van der Waals surface area contributed by atoms with E-state index in [0.717, 1.165) is 66.6 Å². The molecular weight excluding hydrogens is 454 g/mol. The molecule has 0 aliphatic rings. The van der Waals surface area contributed by atoms with Gasteiger partial charge < -0.3 is 4.42 Å². The number of para-hydroxylation sites is 1. The Labute approximate surface area is 213 Å². The van der Waals surface area contributed by atoms with Gasteiger partial charge in [0.05, 0.1) is 11.9 Å². The number of fused-ring (bicyclic) bond motifs is 3. The second kappa shape index (κ2) is 8.85. The molecule has 0 aliphatic heterocycles. The van der Waals surface area contributed by atoms with Crippen molar-refractivity contribution in [2.45, 2.75) is 0 Å². The van der Waals surface area contributed by atoms with E-state index in [2.05, 4.69) is 100 Å². The molecule has 0 saturated carbocycles. The summed E-state index contributed by atoms with van der Waals surface area (Å²) in [6.07, 6.45) is 1.70. The first-order valence-corrected chi connectivity index (χ1v) is 12.2. The van der Waals surface area contributed by atoms with Crippen molar-refractivity contribution in [2.24, 2.45) is 0 Å². The van der Waals surface area contributed by atoms with Crippen molar-refractivity contribution in [2.75, 3.05) is 0 Å². The van der Waals surface area contributed by atoms with Gasteiger partial charge in [0.2, 0.25) is 0 Å². The lowest BCUT2D eigenvalue weighted by molar-refractivity contribution is 0.669. The smallest absolute Gasteiger partial charge is 0.136 e. The van der Waals surface area contributed by atoms with Gasteiger partial charge in [-0.15, -0.1) is 10.2 Å². The minimum atomic E-state index is 0.770. The topological polar surface area (TPSA) is 51.8 Å². The van der Waals surface area contributed by atoms with Crippen LogP contribution in [0.15, 0.2) is 132 Å². The van der Waals surface area contributed by atoms with Gasteiger partial charge in [0, 0.05) is 16.3 Å². The van der Waals surface area contributed by atoms with Crippen molar-refractivity contribution in [3.05, 3.63) is 128 Å². The summed E-state index contributed by atoms with van der Waals surface area (Å²) in [5.41, 5.74) is 10.2. The summed E-state index contributed by atoms with van der Waals surface area (Å²) in [6, 6.07) is 41.7. The van der Waals surface area contributed by atoms with Gasteiger partial charge in [0.1, 0.15) is 11.2 Å². The Kier molecular flexibility index (Phi) is 5.07. The van der Waals surface area contributed by atoms with Gasteiger partial charge in [-0.3, -0.25) is 0 Å². The molecule has 0 N–H and O–H groups in total. The molecule has 7 aromatic rings. The number of rotatable bonds is 4. The first kappa shape index (κ1) is 21.2. The summed E-state index contributed by atoms with van der Waals surface area (Å²) in [6.45, 7) is 0. The van der Waals surface area contributed by atoms with Crippen LogP contribution in [-0.4, -0.2) is 15.4 Å². The second-order valence-electron chi connectivity index (χ2n) is 8.93. The van der Waals surface area contributed by atoms with Gasteiger partial charge in [-0.25, -0.2) is 0 Å². The van der Waals surface area contributed by atoms with Crippen molar-refractivity contribution >= 4 is 21.9 Å². The molecule has 0 bridgehead atoms. The van der Waals surface area contributed by atoms with E-state index in [0.29, 0.717) is 0 Å². The van der Waals surface area contributed by atoms with Crippen LogP contribution < -0.4 is 0 Å². The standard InChI is InChI=1S/C33H21N3O/c1-3-10-22(11-4-1)24-18-19-26(25-15-9-17-30-32(25)27-14-7-8-16-29(27)37-30)33(28-20-21-34-36-35-28)31(24)23-12-5-2-6-13-23/h1-21H. The van der Waals surface area contributed by atoms with E-state index in [1.54, 1.807) is 6.20 Å². The van der Waals surface area contributed by atoms with E-state index in [9.17, 15) is 0 Å². The third-order valence-electron chi connectivity index (χ3n) is 6.80. The first-order chi connectivity index (χ1) is 18.4. The molecule has 2 heterocycles. The van der Waals surface area contributed by atoms with Gasteiger partial charge in [0.25, 0.3) is 0 Å². The van der Waals surface area contributed by atoms with Crippen molar-refractivity contribution < 1.29 is 4.42 Å². The third-order valence-corrected chi connectivity index (χ3v) is 6.80. The molecule has 4 heteroatoms. The molecule has 37 heavy (non-hydrogen) atoms. The number of hydrogen-bond acceptors (Lipinski definition) is 4. The van der Waals surface area contributed by atoms with Crippen molar-refractivity contribution in [1.82, 2.24) is 15.4 Å². The van der Waals surface area contributed by atoms with Crippen molar-refractivity contribution in [3.63, 3.8) is 0 Å². The van der Waals surface area contributed by atoms with Crippen LogP contribution in [0.1, 0.15) is 0 Å². The van der Waals surface area contributed by atoms with E-state index < -0.39 is 0 Å². The lowest BCUT2D eigenvalue weighted by Crippen LogP contribution is -1.98. The molecule has 0 fully saturated rings. The average molecular weight is 476 g/mol. The van der Waals surface area contributed by atoms with Crippen LogP contribution in [0, 0.1) is 0 Å². The van der Waals surface area contributed by atoms with E-state index in [1.807, 2.05) is 36.4 Å². The summed E-state index contributed by atoms with van der Waals surface area (Å²) >= 11 is 0. The Balaban J connectivity index is 1.64. The number of furan rings is 1. The Hall–Kier alpha value is -5.09. The fourth-order valence-electron chi connectivity index (χ4n) is 5.23. The van der Waals surface area contributed by atoms with Crippen LogP contribution >= 0.6 is 0 Å². The molecular formula is C33H21N3O. The van der Waals surface area contributed by atoms with Gasteiger partial charge in [-0.05, 0) is 56.8 Å². The van der Waals surface area contributed by atoms with Crippen molar-refractivity contribution in [1.29, 1.82) is 0 Å². The van der Waals surface area contributed by atoms with Crippen LogP contribution in [0.4, 0.5) is 0 Å². The molecule has 7 rings (SSSR count). The van der Waals surface area contributed by atoms with Crippen LogP contribution in [0.5, 0.6) is 0 Å². The summed E-state index contributed by atoms with van der Waals surface area (Å²) in [5.74, 6) is 0. The predicted octanol–water partition coefficient (Wildman–Crippen LogP) is 8.44. The number of nitrogens with zero attached hydrogens (tertiary/aromatic N) is 3. The lowest BCUT2D eigenvalue weighted by Gasteiger charge is -2.20. The van der Waals surface area contributed by atoms with Gasteiger partial charge in [0.15, 0.2) is 0 Å². The van der Waals surface area contributed by atoms with E-state index in [1.165, 1.54) is 0 Å². The fraction of sp³-hybridized carbons (Fsp3) is 0. The van der Waals surface area contributed by atoms with Gasteiger partial charge in [-0.1, -0.05) is 103 Å². The van der Waals surface area contributed by atoms with Crippen LogP contribution in [0.25, 0.3) is 66.6 Å². The van der Waals surface area contributed by atoms with Crippen LogP contribution in [-0.2, 0) is 0 Å². The molecule has 4 nitrogen and oxygen atoms in total. The maximum absolute atomic E-state index is 6.23. The third kappa shape index (κ3) is 3.58. The zero-order valence-electron chi connectivity index (χ0n) is 19.9. The van der Waals surface area contributed by atoms with Crippen molar-refractivity contribution in [3.8, 4) is 44.6 Å². The maximum atomic E-state index is 6.23. The highest BCUT2D eigenvalue weighted by Gasteiger charge is 2.22. The first-order valence-electron chi connectivity index (χ1n) is 12.2. The summed E-state index contributed by atoms with van der Waals surface area (Å²) in [4.78, 5) is 0. The zero-order valence-corrected chi connectivity index (χ0v) is 19.9. The molecule has 5 aromatic carbocycles. The molecule has 0 radical (unpaired) electrons. The molecule has 0 aliphatic carbocycles. The monoisotopic (exact) mass is 475 g/mol. The molecule has 174 valence electrons. The zero-order chi connectivity index (χ0) is 24.6. The van der Waals surface area contributed by atoms with Gasteiger partial charge >= 0.3 is 0 Å². The molecule has 0 amide bonds. The Morgan fingerprint density at radius 2 is 1.19 bits per heavy atom. The highest BCUT2D eigenvalue weighted by molar-refractivity contribution is 6.15. The number of aromatic nitrogens is 3. The number of benzene rings is 5. The Bertz CT molecular complexity index is 1860. The quantitative estimate of drug-likeness (QED) is 0.256. The highest BCUT2D eigenvalue weighted by atomic mass is 16.3. The Morgan fingerprint density at radius 3 is 1.97 bits per heavy atom.